The molecule has 6 rings (SSSR count). The molecule has 3 fully saturated rings. The van der Waals surface area contributed by atoms with Crippen molar-refractivity contribution >= 4 is 23.4 Å². The maximum atomic E-state index is 14.3. The molecule has 3 amide bonds. The van der Waals surface area contributed by atoms with Gasteiger partial charge in [-0.1, -0.05) is 70.0 Å². The second kappa shape index (κ2) is 11.2. The Morgan fingerprint density at radius 2 is 1.86 bits per heavy atom. The van der Waals surface area contributed by atoms with Crippen molar-refractivity contribution in [1.29, 1.82) is 0 Å². The summed E-state index contributed by atoms with van der Waals surface area (Å²) in [7, 11) is 1.60. The molecular weight excluding hydrogens is 530 g/mol. The van der Waals surface area contributed by atoms with E-state index in [-0.39, 0.29) is 30.3 Å². The standard InChI is InChI=1S/C34H41N3O5/c1-20(2)23-12-14-24(15-13-23)35-31(38)28-27-16-17-34(42-27)29(28)33(40)37(19-22-9-7-10-25(18-22)41-4)30(34)32(39)36-26-11-6-5-8-21(26)3/h7,9-10,12-18,20-21,26-30H,5-6,8,11,19H2,1-4H3,(H,35,38)(H,36,39)/t21?,26?,27-,28?,29-,30?,34?/m0/s1. The number of hydrogen-bond donors (Lipinski definition) is 2. The van der Waals surface area contributed by atoms with Gasteiger partial charge in [0.1, 0.15) is 17.4 Å². The zero-order valence-electron chi connectivity index (χ0n) is 24.8. The monoisotopic (exact) mass is 571 g/mol. The number of benzene rings is 2. The lowest BCUT2D eigenvalue weighted by molar-refractivity contribution is -0.142. The predicted molar refractivity (Wildman–Crippen MR) is 160 cm³/mol. The Morgan fingerprint density at radius 1 is 1.10 bits per heavy atom. The van der Waals surface area contributed by atoms with Crippen LogP contribution in [-0.4, -0.2) is 53.5 Å². The van der Waals surface area contributed by atoms with Crippen LogP contribution in [0.1, 0.15) is 63.5 Å². The number of ether oxygens (including phenoxy) is 2. The molecule has 5 unspecified atom stereocenters. The summed E-state index contributed by atoms with van der Waals surface area (Å²) >= 11 is 0. The quantitative estimate of drug-likeness (QED) is 0.444. The fourth-order valence-corrected chi connectivity index (χ4v) is 7.37. The molecule has 2 saturated heterocycles. The summed E-state index contributed by atoms with van der Waals surface area (Å²) in [5.74, 6) is -0.862. The number of carbonyl (C=O) groups is 3. The molecule has 1 spiro atoms. The first-order valence-electron chi connectivity index (χ1n) is 15.2. The third kappa shape index (κ3) is 4.89. The van der Waals surface area contributed by atoms with Crippen LogP contribution in [0.25, 0.3) is 0 Å². The molecule has 1 saturated carbocycles. The summed E-state index contributed by atoms with van der Waals surface area (Å²) in [6.07, 6.45) is 7.36. The molecule has 2 aromatic rings. The first-order valence-corrected chi connectivity index (χ1v) is 15.2. The van der Waals surface area contributed by atoms with Crippen LogP contribution >= 0.6 is 0 Å². The minimum absolute atomic E-state index is 0.0472. The van der Waals surface area contributed by atoms with Crippen LogP contribution in [0.3, 0.4) is 0 Å². The number of carbonyl (C=O) groups excluding carboxylic acids is 3. The zero-order chi connectivity index (χ0) is 29.6. The van der Waals surface area contributed by atoms with Crippen LogP contribution in [0.15, 0.2) is 60.7 Å². The van der Waals surface area contributed by atoms with Gasteiger partial charge in [0.25, 0.3) is 0 Å². The van der Waals surface area contributed by atoms with E-state index in [2.05, 4.69) is 31.4 Å². The average Bonchev–Trinajstić information content (AvgIpc) is 3.62. The smallest absolute Gasteiger partial charge is 0.246 e. The molecule has 3 heterocycles. The average molecular weight is 572 g/mol. The highest BCUT2D eigenvalue weighted by Gasteiger charge is 2.72. The van der Waals surface area contributed by atoms with E-state index < -0.39 is 29.6 Å². The third-order valence-corrected chi connectivity index (χ3v) is 9.70. The van der Waals surface area contributed by atoms with Gasteiger partial charge in [-0.05, 0) is 60.1 Å². The van der Waals surface area contributed by atoms with E-state index in [9.17, 15) is 14.4 Å². The highest BCUT2D eigenvalue weighted by atomic mass is 16.5. The number of nitrogens with one attached hydrogen (secondary N) is 2. The van der Waals surface area contributed by atoms with Gasteiger partial charge in [-0.15, -0.1) is 0 Å². The van der Waals surface area contributed by atoms with E-state index in [1.807, 2.05) is 60.7 Å². The van der Waals surface area contributed by atoms with E-state index in [4.69, 9.17) is 9.47 Å². The first kappa shape index (κ1) is 28.5. The second-order valence-electron chi connectivity index (χ2n) is 12.7. The lowest BCUT2D eigenvalue weighted by Crippen LogP contribution is -2.57. The van der Waals surface area contributed by atoms with Crippen LogP contribution in [0.4, 0.5) is 5.69 Å². The molecule has 1 aliphatic carbocycles. The summed E-state index contributed by atoms with van der Waals surface area (Å²) in [4.78, 5) is 43.9. The Labute approximate surface area is 247 Å². The number of rotatable bonds is 8. The minimum Gasteiger partial charge on any atom is -0.497 e. The van der Waals surface area contributed by atoms with Crippen molar-refractivity contribution in [3.63, 3.8) is 0 Å². The summed E-state index contributed by atoms with van der Waals surface area (Å²) in [5, 5.41) is 6.31. The number of hydrogen-bond acceptors (Lipinski definition) is 5. The number of amides is 3. The van der Waals surface area contributed by atoms with Gasteiger partial charge in [0.2, 0.25) is 17.7 Å². The van der Waals surface area contributed by atoms with Crippen LogP contribution in [-0.2, 0) is 25.7 Å². The molecule has 7 atom stereocenters. The Bertz CT molecular complexity index is 1390. The van der Waals surface area contributed by atoms with Crippen molar-refractivity contribution in [3.8, 4) is 5.75 Å². The Kier molecular flexibility index (Phi) is 7.60. The molecule has 0 aromatic heterocycles. The highest BCUT2D eigenvalue weighted by molar-refractivity contribution is 6.02. The van der Waals surface area contributed by atoms with Crippen LogP contribution in [0.5, 0.6) is 5.75 Å². The minimum atomic E-state index is -1.20. The largest absolute Gasteiger partial charge is 0.497 e. The van der Waals surface area contributed by atoms with Gasteiger partial charge < -0.3 is 25.0 Å². The van der Waals surface area contributed by atoms with Crippen LogP contribution < -0.4 is 15.4 Å². The van der Waals surface area contributed by atoms with E-state index in [1.54, 1.807) is 12.0 Å². The van der Waals surface area contributed by atoms with Gasteiger partial charge in [0.15, 0.2) is 0 Å². The molecule has 42 heavy (non-hydrogen) atoms. The van der Waals surface area contributed by atoms with E-state index in [1.165, 1.54) is 5.56 Å². The molecule has 2 bridgehead atoms. The molecule has 8 nitrogen and oxygen atoms in total. The van der Waals surface area contributed by atoms with Gasteiger partial charge in [0, 0.05) is 18.3 Å². The molecule has 222 valence electrons. The maximum Gasteiger partial charge on any atom is 0.246 e. The van der Waals surface area contributed by atoms with Crippen molar-refractivity contribution in [2.45, 2.75) is 82.7 Å². The second-order valence-corrected chi connectivity index (χ2v) is 12.7. The third-order valence-electron chi connectivity index (χ3n) is 9.70. The molecule has 8 heteroatoms. The zero-order valence-corrected chi connectivity index (χ0v) is 24.8. The first-order chi connectivity index (χ1) is 20.2. The van der Waals surface area contributed by atoms with Gasteiger partial charge in [0.05, 0.1) is 25.0 Å². The van der Waals surface area contributed by atoms with Crippen molar-refractivity contribution in [1.82, 2.24) is 10.2 Å². The van der Waals surface area contributed by atoms with Crippen LogP contribution in [0, 0.1) is 17.8 Å². The van der Waals surface area contributed by atoms with Gasteiger partial charge in [-0.25, -0.2) is 0 Å². The Balaban J connectivity index is 1.31. The van der Waals surface area contributed by atoms with E-state index >= 15 is 0 Å². The number of fused-ring (bicyclic) bond motifs is 1. The maximum absolute atomic E-state index is 14.3. The van der Waals surface area contributed by atoms with E-state index in [0.717, 1.165) is 31.2 Å². The predicted octanol–water partition coefficient (Wildman–Crippen LogP) is 4.80. The molecule has 4 aliphatic rings. The van der Waals surface area contributed by atoms with Crippen molar-refractivity contribution < 1.29 is 23.9 Å². The van der Waals surface area contributed by atoms with E-state index in [0.29, 0.717) is 23.3 Å². The van der Waals surface area contributed by atoms with Crippen LogP contribution in [0.2, 0.25) is 0 Å². The summed E-state index contributed by atoms with van der Waals surface area (Å²) in [6, 6.07) is 14.4. The summed E-state index contributed by atoms with van der Waals surface area (Å²) in [5.41, 5.74) is 1.49. The number of likely N-dealkylation sites (tertiary alicyclic amines) is 1. The topological polar surface area (TPSA) is 97.0 Å². The number of anilines is 1. The lowest BCUT2D eigenvalue weighted by Gasteiger charge is -2.36. The molecule has 2 N–H and O–H groups in total. The van der Waals surface area contributed by atoms with Gasteiger partial charge in [-0.2, -0.15) is 0 Å². The highest BCUT2D eigenvalue weighted by Crippen LogP contribution is 2.55. The van der Waals surface area contributed by atoms with Crippen molar-refractivity contribution in [3.05, 3.63) is 71.8 Å². The molecule has 2 aromatic carbocycles. The summed E-state index contributed by atoms with van der Waals surface area (Å²) < 4.78 is 11.9. The molecule has 0 radical (unpaired) electrons. The Morgan fingerprint density at radius 3 is 2.57 bits per heavy atom. The lowest BCUT2D eigenvalue weighted by atomic mass is 9.74. The normalized spacial score (nSPS) is 31.4. The fraction of sp³-hybridized carbons (Fsp3) is 0.500. The number of nitrogens with zero attached hydrogens (tertiary/aromatic N) is 1. The summed E-state index contributed by atoms with van der Waals surface area (Å²) in [6.45, 7) is 6.62. The SMILES string of the molecule is COc1cccc(CN2C(=O)[C@@H]3C(C(=O)Nc4ccc(C(C)C)cc4)[C@@H]4C=CC3(O4)C2C(=O)NC2CCCCC2C)c1. The number of methoxy groups -OCH3 is 1. The van der Waals surface area contributed by atoms with Gasteiger partial charge in [-0.3, -0.25) is 14.4 Å². The fourth-order valence-electron chi connectivity index (χ4n) is 7.37. The van der Waals surface area contributed by atoms with Crippen molar-refractivity contribution in [2.75, 3.05) is 12.4 Å². The molecule has 3 aliphatic heterocycles. The molecular formula is C34H41N3O5. The Hall–Kier alpha value is -3.65. The van der Waals surface area contributed by atoms with Crippen molar-refractivity contribution in [2.24, 2.45) is 17.8 Å². The van der Waals surface area contributed by atoms with Gasteiger partial charge >= 0.3 is 0 Å².